The van der Waals surface area contributed by atoms with Gasteiger partial charge in [0.05, 0.1) is 12.9 Å². The molecule has 1 aliphatic rings. The Bertz CT molecular complexity index is 587. The fraction of sp³-hybridized carbons (Fsp3) is 0.600. The van der Waals surface area contributed by atoms with E-state index >= 15 is 0 Å². The summed E-state index contributed by atoms with van der Waals surface area (Å²) in [4.78, 5) is 0. The molecule has 1 aromatic rings. The third-order valence-electron chi connectivity index (χ3n) is 3.93. The van der Waals surface area contributed by atoms with Crippen molar-refractivity contribution in [2.24, 2.45) is 11.7 Å². The Morgan fingerprint density at radius 2 is 2.19 bits per heavy atom. The summed E-state index contributed by atoms with van der Waals surface area (Å²) in [5, 5.41) is 0. The fourth-order valence-electron chi connectivity index (χ4n) is 2.75. The minimum absolute atomic E-state index is 0.235. The van der Waals surface area contributed by atoms with E-state index in [1.54, 1.807) is 4.31 Å². The van der Waals surface area contributed by atoms with Crippen molar-refractivity contribution < 1.29 is 13.2 Å². The molecule has 1 aliphatic heterocycles. The standard InChI is InChI=1S/C15H24N2O3S/c1-12-5-3-7-14(9-16)15(12)20-11-13-6-4-8-17(10-13)21(2,18)19/h3,5,7,13H,4,6,8-11,16H2,1-2H3. The van der Waals surface area contributed by atoms with E-state index in [9.17, 15) is 8.42 Å². The van der Waals surface area contributed by atoms with Gasteiger partial charge in [0.2, 0.25) is 10.0 Å². The van der Waals surface area contributed by atoms with Crippen molar-refractivity contribution in [2.45, 2.75) is 26.3 Å². The van der Waals surface area contributed by atoms with Crippen LogP contribution in [0.5, 0.6) is 5.75 Å². The van der Waals surface area contributed by atoms with Crippen LogP contribution in [0.4, 0.5) is 0 Å². The van der Waals surface area contributed by atoms with Crippen molar-refractivity contribution in [1.29, 1.82) is 0 Å². The number of nitrogens with two attached hydrogens (primary N) is 1. The lowest BCUT2D eigenvalue weighted by molar-refractivity contribution is 0.179. The fourth-order valence-corrected chi connectivity index (χ4v) is 3.69. The molecule has 21 heavy (non-hydrogen) atoms. The second-order valence-electron chi connectivity index (χ2n) is 5.71. The summed E-state index contributed by atoms with van der Waals surface area (Å²) >= 11 is 0. The van der Waals surface area contributed by atoms with Crippen molar-refractivity contribution in [1.82, 2.24) is 4.31 Å². The second kappa shape index (κ2) is 6.77. The van der Waals surface area contributed by atoms with Crippen LogP contribution in [0.1, 0.15) is 24.0 Å². The molecular formula is C15H24N2O3S. The normalized spacial score (nSPS) is 20.4. The molecule has 1 atom stereocenters. The first-order valence-electron chi connectivity index (χ1n) is 7.28. The van der Waals surface area contributed by atoms with Crippen LogP contribution in [-0.4, -0.2) is 38.7 Å². The van der Waals surface area contributed by atoms with E-state index in [0.29, 0.717) is 26.2 Å². The Morgan fingerprint density at radius 1 is 1.43 bits per heavy atom. The van der Waals surface area contributed by atoms with Gasteiger partial charge in [-0.15, -0.1) is 0 Å². The van der Waals surface area contributed by atoms with E-state index in [0.717, 1.165) is 29.7 Å². The first-order chi connectivity index (χ1) is 9.91. The number of rotatable bonds is 5. The molecule has 1 saturated heterocycles. The maximum absolute atomic E-state index is 11.6. The van der Waals surface area contributed by atoms with Gasteiger partial charge in [-0.25, -0.2) is 12.7 Å². The Morgan fingerprint density at radius 3 is 2.86 bits per heavy atom. The van der Waals surface area contributed by atoms with Crippen LogP contribution in [0.3, 0.4) is 0 Å². The third kappa shape index (κ3) is 4.18. The largest absolute Gasteiger partial charge is 0.493 e. The lowest BCUT2D eigenvalue weighted by atomic mass is 10.0. The van der Waals surface area contributed by atoms with Gasteiger partial charge in [-0.1, -0.05) is 18.2 Å². The van der Waals surface area contributed by atoms with Crippen molar-refractivity contribution in [3.63, 3.8) is 0 Å². The van der Waals surface area contributed by atoms with Gasteiger partial charge in [-0.3, -0.25) is 0 Å². The second-order valence-corrected chi connectivity index (χ2v) is 7.69. The van der Waals surface area contributed by atoms with E-state index in [2.05, 4.69) is 0 Å². The van der Waals surface area contributed by atoms with E-state index < -0.39 is 10.0 Å². The zero-order valence-electron chi connectivity index (χ0n) is 12.7. The molecule has 5 nitrogen and oxygen atoms in total. The number of para-hydroxylation sites is 1. The zero-order valence-corrected chi connectivity index (χ0v) is 13.5. The van der Waals surface area contributed by atoms with Crippen LogP contribution in [0.25, 0.3) is 0 Å². The number of aryl methyl sites for hydroxylation is 1. The Kier molecular flexibility index (Phi) is 5.24. The van der Waals surface area contributed by atoms with Gasteiger partial charge < -0.3 is 10.5 Å². The Balaban J connectivity index is 2.00. The lowest BCUT2D eigenvalue weighted by Gasteiger charge is -2.31. The number of hydrogen-bond donors (Lipinski definition) is 1. The maximum Gasteiger partial charge on any atom is 0.211 e. The van der Waals surface area contributed by atoms with Crippen LogP contribution in [0.15, 0.2) is 18.2 Å². The Labute approximate surface area is 127 Å². The molecule has 2 N–H and O–H groups in total. The molecule has 0 bridgehead atoms. The van der Waals surface area contributed by atoms with Crippen LogP contribution in [0, 0.1) is 12.8 Å². The molecule has 0 radical (unpaired) electrons. The summed E-state index contributed by atoms with van der Waals surface area (Å²) in [6.45, 7) is 4.13. The van der Waals surface area contributed by atoms with E-state index in [4.69, 9.17) is 10.5 Å². The van der Waals surface area contributed by atoms with Crippen LogP contribution in [0.2, 0.25) is 0 Å². The summed E-state index contributed by atoms with van der Waals surface area (Å²) in [5.41, 5.74) is 7.79. The summed E-state index contributed by atoms with van der Waals surface area (Å²) in [6.07, 6.45) is 3.15. The third-order valence-corrected chi connectivity index (χ3v) is 5.20. The average molecular weight is 312 g/mol. The molecule has 6 heteroatoms. The average Bonchev–Trinajstić information content (AvgIpc) is 2.45. The van der Waals surface area contributed by atoms with Gasteiger partial charge in [0.25, 0.3) is 0 Å². The minimum atomic E-state index is -3.10. The molecule has 0 spiro atoms. The molecule has 0 aromatic heterocycles. The molecule has 0 amide bonds. The lowest BCUT2D eigenvalue weighted by Crippen LogP contribution is -2.41. The van der Waals surface area contributed by atoms with Crippen LogP contribution < -0.4 is 10.5 Å². The monoisotopic (exact) mass is 312 g/mol. The van der Waals surface area contributed by atoms with Gasteiger partial charge in [-0.05, 0) is 25.3 Å². The predicted octanol–water partition coefficient (Wildman–Crippen LogP) is 1.50. The molecule has 1 unspecified atom stereocenters. The first kappa shape index (κ1) is 16.3. The van der Waals surface area contributed by atoms with Crippen molar-refractivity contribution >= 4 is 10.0 Å². The number of hydrogen-bond acceptors (Lipinski definition) is 4. The molecule has 118 valence electrons. The van der Waals surface area contributed by atoms with E-state index in [1.807, 2.05) is 25.1 Å². The summed E-state index contributed by atoms with van der Waals surface area (Å²) < 4.78 is 30.8. The molecule has 0 saturated carbocycles. The van der Waals surface area contributed by atoms with Gasteiger partial charge >= 0.3 is 0 Å². The quantitative estimate of drug-likeness (QED) is 0.894. The Hall–Kier alpha value is -1.11. The van der Waals surface area contributed by atoms with Gasteiger partial charge in [0, 0.05) is 31.1 Å². The van der Waals surface area contributed by atoms with Crippen molar-refractivity contribution in [3.8, 4) is 5.75 Å². The molecule has 1 fully saturated rings. The van der Waals surface area contributed by atoms with E-state index in [-0.39, 0.29) is 5.92 Å². The smallest absolute Gasteiger partial charge is 0.211 e. The van der Waals surface area contributed by atoms with E-state index in [1.165, 1.54) is 6.26 Å². The van der Waals surface area contributed by atoms with Gasteiger partial charge in [0.15, 0.2) is 0 Å². The molecular weight excluding hydrogens is 288 g/mol. The summed E-state index contributed by atoms with van der Waals surface area (Å²) in [5.74, 6) is 1.08. The number of sulfonamides is 1. The number of nitrogens with zero attached hydrogens (tertiary/aromatic N) is 1. The minimum Gasteiger partial charge on any atom is -0.493 e. The highest BCUT2D eigenvalue weighted by Gasteiger charge is 2.26. The number of benzene rings is 1. The first-order valence-corrected chi connectivity index (χ1v) is 9.13. The highest BCUT2D eigenvalue weighted by Crippen LogP contribution is 2.25. The maximum atomic E-state index is 11.6. The molecule has 1 heterocycles. The van der Waals surface area contributed by atoms with Crippen LogP contribution in [-0.2, 0) is 16.6 Å². The molecule has 0 aliphatic carbocycles. The predicted molar refractivity (Wildman–Crippen MR) is 83.7 cm³/mol. The number of ether oxygens (including phenoxy) is 1. The van der Waals surface area contributed by atoms with Gasteiger partial charge in [0.1, 0.15) is 5.75 Å². The summed E-state index contributed by atoms with van der Waals surface area (Å²) in [6, 6.07) is 5.93. The van der Waals surface area contributed by atoms with Crippen LogP contribution >= 0.6 is 0 Å². The van der Waals surface area contributed by atoms with Crippen molar-refractivity contribution in [3.05, 3.63) is 29.3 Å². The zero-order chi connectivity index (χ0) is 15.5. The molecule has 2 rings (SSSR count). The summed E-state index contributed by atoms with van der Waals surface area (Å²) in [7, 11) is -3.10. The highest BCUT2D eigenvalue weighted by molar-refractivity contribution is 7.88. The van der Waals surface area contributed by atoms with Gasteiger partial charge in [-0.2, -0.15) is 0 Å². The molecule has 1 aromatic carbocycles. The highest BCUT2D eigenvalue weighted by atomic mass is 32.2. The SMILES string of the molecule is Cc1cccc(CN)c1OCC1CCCN(S(C)(=O)=O)C1. The topological polar surface area (TPSA) is 72.6 Å². The number of piperidine rings is 1. The van der Waals surface area contributed by atoms with Crippen molar-refractivity contribution in [2.75, 3.05) is 26.0 Å².